The van der Waals surface area contributed by atoms with Gasteiger partial charge in [0.1, 0.15) is 6.04 Å². The highest BCUT2D eigenvalue weighted by Crippen LogP contribution is 2.19. The SMILES string of the molecule is Cc1ccc(S(=O)(=O)N[C@H](Cc2ccccc2)C(=O)NCCC2=CCCCC2)cc1. The first kappa shape index (κ1) is 22.2. The molecule has 0 saturated heterocycles. The van der Waals surface area contributed by atoms with Crippen molar-refractivity contribution in [1.82, 2.24) is 10.0 Å². The van der Waals surface area contributed by atoms with Gasteiger partial charge in [-0.25, -0.2) is 8.42 Å². The van der Waals surface area contributed by atoms with Crippen molar-refractivity contribution in [2.45, 2.75) is 56.4 Å². The number of rotatable bonds is 9. The predicted octanol–water partition coefficient (Wildman–Crippen LogP) is 3.89. The number of allylic oxidation sites excluding steroid dienone is 1. The first-order chi connectivity index (χ1) is 14.4. The zero-order valence-electron chi connectivity index (χ0n) is 17.4. The molecule has 1 amide bonds. The lowest BCUT2D eigenvalue weighted by atomic mass is 9.97. The predicted molar refractivity (Wildman–Crippen MR) is 120 cm³/mol. The fourth-order valence-corrected chi connectivity index (χ4v) is 4.81. The normalized spacial score (nSPS) is 15.3. The summed E-state index contributed by atoms with van der Waals surface area (Å²) in [5.41, 5.74) is 3.25. The van der Waals surface area contributed by atoms with Crippen LogP contribution in [0.15, 0.2) is 71.1 Å². The van der Waals surface area contributed by atoms with Crippen LogP contribution in [0.3, 0.4) is 0 Å². The maximum atomic E-state index is 12.9. The molecule has 1 atom stereocenters. The molecule has 6 heteroatoms. The molecule has 2 aromatic rings. The van der Waals surface area contributed by atoms with E-state index in [1.807, 2.05) is 37.3 Å². The van der Waals surface area contributed by atoms with Crippen molar-refractivity contribution in [2.75, 3.05) is 6.54 Å². The van der Waals surface area contributed by atoms with E-state index in [1.54, 1.807) is 24.3 Å². The summed E-state index contributed by atoms with van der Waals surface area (Å²) < 4.78 is 28.4. The van der Waals surface area contributed by atoms with Gasteiger partial charge in [-0.1, -0.05) is 59.7 Å². The van der Waals surface area contributed by atoms with Crippen molar-refractivity contribution in [3.63, 3.8) is 0 Å². The smallest absolute Gasteiger partial charge is 0.241 e. The summed E-state index contributed by atoms with van der Waals surface area (Å²) in [6, 6.07) is 15.2. The largest absolute Gasteiger partial charge is 0.354 e. The number of hydrogen-bond acceptors (Lipinski definition) is 3. The second-order valence-electron chi connectivity index (χ2n) is 7.83. The maximum absolute atomic E-state index is 12.9. The molecule has 5 nitrogen and oxygen atoms in total. The Morgan fingerprint density at radius 2 is 1.77 bits per heavy atom. The molecule has 2 aromatic carbocycles. The van der Waals surface area contributed by atoms with Crippen molar-refractivity contribution in [3.05, 3.63) is 77.4 Å². The van der Waals surface area contributed by atoms with Crippen LogP contribution in [-0.4, -0.2) is 26.9 Å². The van der Waals surface area contributed by atoms with Crippen molar-refractivity contribution < 1.29 is 13.2 Å². The molecule has 0 spiro atoms. The third-order valence-electron chi connectivity index (χ3n) is 5.36. The van der Waals surface area contributed by atoms with Crippen molar-refractivity contribution in [2.24, 2.45) is 0 Å². The summed E-state index contributed by atoms with van der Waals surface area (Å²) >= 11 is 0. The average molecular weight is 427 g/mol. The molecule has 0 heterocycles. The molecule has 1 aliphatic rings. The quantitative estimate of drug-likeness (QED) is 0.597. The molecule has 0 fully saturated rings. The van der Waals surface area contributed by atoms with Crippen molar-refractivity contribution in [1.29, 1.82) is 0 Å². The Morgan fingerprint density at radius 1 is 1.03 bits per heavy atom. The molecule has 0 unspecified atom stereocenters. The summed E-state index contributed by atoms with van der Waals surface area (Å²) in [4.78, 5) is 13.1. The molecule has 160 valence electrons. The van der Waals surface area contributed by atoms with E-state index in [0.717, 1.165) is 30.4 Å². The molecule has 0 saturated carbocycles. The van der Waals surface area contributed by atoms with E-state index in [2.05, 4.69) is 16.1 Å². The van der Waals surface area contributed by atoms with E-state index in [4.69, 9.17) is 0 Å². The summed E-state index contributed by atoms with van der Waals surface area (Å²) in [6.07, 6.45) is 7.99. The molecule has 0 aliphatic heterocycles. The van der Waals surface area contributed by atoms with Crippen LogP contribution >= 0.6 is 0 Å². The minimum atomic E-state index is -3.81. The Balaban J connectivity index is 1.69. The van der Waals surface area contributed by atoms with E-state index in [1.165, 1.54) is 18.4 Å². The molecule has 2 N–H and O–H groups in total. The molecule has 30 heavy (non-hydrogen) atoms. The number of hydrogen-bond donors (Lipinski definition) is 2. The Kier molecular flexibility index (Phi) is 7.82. The van der Waals surface area contributed by atoms with Gasteiger partial charge in [0.15, 0.2) is 0 Å². The van der Waals surface area contributed by atoms with Gasteiger partial charge >= 0.3 is 0 Å². The van der Waals surface area contributed by atoms with Crippen LogP contribution in [0.5, 0.6) is 0 Å². The van der Waals surface area contributed by atoms with Gasteiger partial charge in [-0.2, -0.15) is 4.72 Å². The second-order valence-corrected chi connectivity index (χ2v) is 9.54. The van der Waals surface area contributed by atoms with Gasteiger partial charge < -0.3 is 5.32 Å². The minimum Gasteiger partial charge on any atom is -0.354 e. The van der Waals surface area contributed by atoms with Crippen LogP contribution < -0.4 is 10.0 Å². The zero-order chi connectivity index (χ0) is 21.4. The lowest BCUT2D eigenvalue weighted by Gasteiger charge is -2.19. The monoisotopic (exact) mass is 426 g/mol. The fraction of sp³-hybridized carbons (Fsp3) is 0.375. The third kappa shape index (κ3) is 6.54. The van der Waals surface area contributed by atoms with Crippen LogP contribution in [0, 0.1) is 6.92 Å². The number of amides is 1. The summed E-state index contributed by atoms with van der Waals surface area (Å²) in [6.45, 7) is 2.42. The number of nitrogens with one attached hydrogen (secondary N) is 2. The molecule has 0 radical (unpaired) electrons. The van der Waals surface area contributed by atoms with Crippen molar-refractivity contribution in [3.8, 4) is 0 Å². The molecule has 0 aromatic heterocycles. The number of carbonyl (C=O) groups excluding carboxylic acids is 1. The highest BCUT2D eigenvalue weighted by atomic mass is 32.2. The highest BCUT2D eigenvalue weighted by molar-refractivity contribution is 7.89. The van der Waals surface area contributed by atoms with Gasteiger partial charge in [0, 0.05) is 6.54 Å². The van der Waals surface area contributed by atoms with E-state index in [-0.39, 0.29) is 10.8 Å². The van der Waals surface area contributed by atoms with Crippen LogP contribution in [0.2, 0.25) is 0 Å². The highest BCUT2D eigenvalue weighted by Gasteiger charge is 2.26. The molecule has 0 bridgehead atoms. The Morgan fingerprint density at radius 3 is 2.43 bits per heavy atom. The fourth-order valence-electron chi connectivity index (χ4n) is 3.61. The van der Waals surface area contributed by atoms with Crippen LogP contribution in [0.4, 0.5) is 0 Å². The van der Waals surface area contributed by atoms with Gasteiger partial charge in [0.05, 0.1) is 4.90 Å². The second kappa shape index (κ2) is 10.5. The standard InChI is InChI=1S/C24H30N2O3S/c1-19-12-14-22(15-13-19)30(28,29)26-23(18-21-10-6-3-7-11-21)24(27)25-17-16-20-8-4-2-5-9-20/h3,6-8,10-15,23,26H,2,4-5,9,16-18H2,1H3,(H,25,27)/t23-/m1/s1. The summed E-state index contributed by atoms with van der Waals surface area (Å²) in [5.74, 6) is -0.300. The number of benzene rings is 2. The van der Waals surface area contributed by atoms with Crippen LogP contribution in [0.25, 0.3) is 0 Å². The molecular weight excluding hydrogens is 396 g/mol. The van der Waals surface area contributed by atoms with Gasteiger partial charge in [0.2, 0.25) is 15.9 Å². The maximum Gasteiger partial charge on any atom is 0.241 e. The summed E-state index contributed by atoms with van der Waals surface area (Å²) in [7, 11) is -3.81. The lowest BCUT2D eigenvalue weighted by molar-refractivity contribution is -0.122. The van der Waals surface area contributed by atoms with Gasteiger partial charge in [0.25, 0.3) is 0 Å². The van der Waals surface area contributed by atoms with E-state index < -0.39 is 16.1 Å². The third-order valence-corrected chi connectivity index (χ3v) is 6.85. The average Bonchev–Trinajstić information content (AvgIpc) is 2.75. The summed E-state index contributed by atoms with van der Waals surface area (Å²) in [5, 5.41) is 2.93. The number of sulfonamides is 1. The number of aryl methyl sites for hydroxylation is 1. The number of carbonyl (C=O) groups is 1. The van der Waals surface area contributed by atoms with E-state index in [0.29, 0.717) is 13.0 Å². The molecular formula is C24H30N2O3S. The Labute approximate surface area is 179 Å². The van der Waals surface area contributed by atoms with Crippen LogP contribution in [-0.2, 0) is 21.2 Å². The van der Waals surface area contributed by atoms with Gasteiger partial charge in [-0.05, 0) is 63.1 Å². The van der Waals surface area contributed by atoms with E-state index >= 15 is 0 Å². The molecule has 1 aliphatic carbocycles. The zero-order valence-corrected chi connectivity index (χ0v) is 18.3. The Hall–Kier alpha value is -2.44. The van der Waals surface area contributed by atoms with Gasteiger partial charge in [-0.15, -0.1) is 0 Å². The van der Waals surface area contributed by atoms with E-state index in [9.17, 15) is 13.2 Å². The lowest BCUT2D eigenvalue weighted by Crippen LogP contribution is -2.48. The first-order valence-electron chi connectivity index (χ1n) is 10.5. The van der Waals surface area contributed by atoms with Crippen LogP contribution in [0.1, 0.15) is 43.2 Å². The topological polar surface area (TPSA) is 75.3 Å². The first-order valence-corrected chi connectivity index (χ1v) is 12.0. The van der Waals surface area contributed by atoms with Gasteiger partial charge in [-0.3, -0.25) is 4.79 Å². The minimum absolute atomic E-state index is 0.159. The molecule has 3 rings (SSSR count). The van der Waals surface area contributed by atoms with Crippen molar-refractivity contribution >= 4 is 15.9 Å². The Bertz CT molecular complexity index is 967.